The summed E-state index contributed by atoms with van der Waals surface area (Å²) in [6, 6.07) is 0. The Balaban J connectivity index is 0. The summed E-state index contributed by atoms with van der Waals surface area (Å²) < 4.78 is 8.88. The fourth-order valence-electron chi connectivity index (χ4n) is 2.28. The molecule has 0 unspecified atom stereocenters. The van der Waals surface area contributed by atoms with Gasteiger partial charge in [0.2, 0.25) is 0 Å². The molecular weight excluding hydrogens is 320 g/mol. The summed E-state index contributed by atoms with van der Waals surface area (Å²) in [4.78, 5) is 23.9. The molecule has 134 valence electrons. The van der Waals surface area contributed by atoms with Gasteiger partial charge >= 0.3 is 7.82 Å². The quantitative estimate of drug-likeness (QED) is 0.390. The van der Waals surface area contributed by atoms with Crippen molar-refractivity contribution >= 4 is 15.1 Å². The van der Waals surface area contributed by atoms with Crippen LogP contribution in [0, 0.1) is 0 Å². The number of rotatable bonds is 11. The standard InChI is InChI=1S/C15H33NP.H3O4P/c1-6-9-13-17(12-8-3,14-10-7-2)15-11-16(4)5;1-5(2,3)4/h8H,3,6-7,9-15H2,1-2,4-5H3;(H3,1,2,3,4)/q+1;. The zero-order valence-electron chi connectivity index (χ0n) is 14.7. The molecule has 0 spiro atoms. The molecule has 0 amide bonds. The highest BCUT2D eigenvalue weighted by Gasteiger charge is 2.34. The monoisotopic (exact) mass is 356 g/mol. The highest BCUT2D eigenvalue weighted by molar-refractivity contribution is 7.76. The van der Waals surface area contributed by atoms with Gasteiger partial charge in [0.15, 0.2) is 0 Å². The predicted molar refractivity (Wildman–Crippen MR) is 99.2 cm³/mol. The van der Waals surface area contributed by atoms with E-state index in [1.165, 1.54) is 56.9 Å². The summed E-state index contributed by atoms with van der Waals surface area (Å²) in [5.41, 5.74) is 0. The van der Waals surface area contributed by atoms with Crippen LogP contribution in [0.1, 0.15) is 39.5 Å². The van der Waals surface area contributed by atoms with Crippen molar-refractivity contribution in [3.05, 3.63) is 12.7 Å². The SMILES string of the molecule is C=CC[P+](CCCC)(CCCC)CCN(C)C.O=P(O)(O)O. The van der Waals surface area contributed by atoms with Crippen molar-refractivity contribution in [3.63, 3.8) is 0 Å². The molecule has 0 heterocycles. The molecule has 0 fully saturated rings. The van der Waals surface area contributed by atoms with Crippen LogP contribution in [-0.2, 0) is 4.57 Å². The van der Waals surface area contributed by atoms with E-state index in [4.69, 9.17) is 19.2 Å². The molecule has 0 radical (unpaired) electrons. The summed E-state index contributed by atoms with van der Waals surface area (Å²) >= 11 is 0. The van der Waals surface area contributed by atoms with Crippen LogP contribution in [0.3, 0.4) is 0 Å². The van der Waals surface area contributed by atoms with Crippen LogP contribution in [-0.4, -0.2) is 64.9 Å². The minimum atomic E-state index is -4.64. The van der Waals surface area contributed by atoms with Crippen molar-refractivity contribution in [2.75, 3.05) is 45.3 Å². The highest BCUT2D eigenvalue weighted by Crippen LogP contribution is 2.59. The van der Waals surface area contributed by atoms with Gasteiger partial charge < -0.3 is 19.6 Å². The van der Waals surface area contributed by atoms with Gasteiger partial charge in [0.05, 0.1) is 24.6 Å². The van der Waals surface area contributed by atoms with Crippen LogP contribution >= 0.6 is 15.1 Å². The minimum Gasteiger partial charge on any atom is -0.306 e. The van der Waals surface area contributed by atoms with Crippen LogP contribution in [0.2, 0.25) is 0 Å². The van der Waals surface area contributed by atoms with E-state index in [2.05, 4.69) is 45.5 Å². The average Bonchev–Trinajstić information content (AvgIpc) is 2.38. The third-order valence-corrected chi connectivity index (χ3v) is 8.22. The van der Waals surface area contributed by atoms with E-state index in [-0.39, 0.29) is 0 Å². The fraction of sp³-hybridized carbons (Fsp3) is 0.867. The molecule has 0 aromatic rings. The van der Waals surface area contributed by atoms with E-state index < -0.39 is 15.1 Å². The fourth-order valence-corrected chi connectivity index (χ4v) is 6.85. The minimum absolute atomic E-state index is 0.743. The predicted octanol–water partition coefficient (Wildman–Crippen LogP) is 3.42. The van der Waals surface area contributed by atoms with E-state index in [1.807, 2.05) is 0 Å². The summed E-state index contributed by atoms with van der Waals surface area (Å²) in [7, 11) is -0.988. The smallest absolute Gasteiger partial charge is 0.306 e. The van der Waals surface area contributed by atoms with Crippen LogP contribution in [0.4, 0.5) is 0 Å². The van der Waals surface area contributed by atoms with Gasteiger partial charge in [0.1, 0.15) is 0 Å². The molecule has 5 nitrogen and oxygen atoms in total. The molecule has 0 aliphatic rings. The number of allylic oxidation sites excluding steroid dienone is 1. The Morgan fingerprint density at radius 2 is 1.45 bits per heavy atom. The Hall–Kier alpha value is 0.240. The molecule has 0 saturated heterocycles. The third-order valence-electron chi connectivity index (χ3n) is 3.51. The molecule has 22 heavy (non-hydrogen) atoms. The Bertz CT molecular complexity index is 302. The van der Waals surface area contributed by atoms with Crippen molar-refractivity contribution in [3.8, 4) is 0 Å². The van der Waals surface area contributed by atoms with Crippen molar-refractivity contribution in [2.24, 2.45) is 0 Å². The first-order valence-electron chi connectivity index (χ1n) is 7.99. The Morgan fingerprint density at radius 3 is 1.73 bits per heavy atom. The molecular formula is C15H36NO4P2+. The van der Waals surface area contributed by atoms with Gasteiger partial charge in [-0.2, -0.15) is 0 Å². The van der Waals surface area contributed by atoms with Crippen molar-refractivity contribution < 1.29 is 19.2 Å². The Morgan fingerprint density at radius 1 is 1.05 bits per heavy atom. The number of hydrogen-bond donors (Lipinski definition) is 3. The molecule has 0 bridgehead atoms. The first kappa shape index (κ1) is 24.5. The van der Waals surface area contributed by atoms with Crippen LogP contribution < -0.4 is 0 Å². The maximum absolute atomic E-state index is 8.88. The number of hydrogen-bond acceptors (Lipinski definition) is 2. The molecule has 0 saturated carbocycles. The van der Waals surface area contributed by atoms with E-state index in [0.717, 1.165) is 0 Å². The second kappa shape index (κ2) is 13.7. The zero-order chi connectivity index (χ0) is 17.6. The molecule has 0 aromatic carbocycles. The lowest BCUT2D eigenvalue weighted by Crippen LogP contribution is -2.22. The second-order valence-electron chi connectivity index (χ2n) is 6.01. The summed E-state index contributed by atoms with van der Waals surface area (Å²) in [5, 5.41) is 0. The third kappa shape index (κ3) is 18.3. The molecule has 3 N–H and O–H groups in total. The largest absolute Gasteiger partial charge is 0.466 e. The van der Waals surface area contributed by atoms with Crippen LogP contribution in [0.5, 0.6) is 0 Å². The van der Waals surface area contributed by atoms with Gasteiger partial charge in [0.25, 0.3) is 0 Å². The first-order valence-corrected chi connectivity index (χ1v) is 12.1. The topological polar surface area (TPSA) is 81.0 Å². The summed E-state index contributed by atoms with van der Waals surface area (Å²) in [6.07, 6.45) is 13.4. The maximum atomic E-state index is 8.88. The molecule has 0 aromatic heterocycles. The first-order chi connectivity index (χ1) is 10.1. The normalized spacial score (nSPS) is 12.0. The highest BCUT2D eigenvalue weighted by atomic mass is 31.2. The lowest BCUT2D eigenvalue weighted by Gasteiger charge is -2.28. The van der Waals surface area contributed by atoms with Gasteiger partial charge in [-0.25, -0.2) is 4.57 Å². The molecule has 0 aliphatic carbocycles. The van der Waals surface area contributed by atoms with Gasteiger partial charge in [-0.1, -0.05) is 39.3 Å². The van der Waals surface area contributed by atoms with Crippen molar-refractivity contribution in [2.45, 2.75) is 39.5 Å². The van der Waals surface area contributed by atoms with E-state index in [0.29, 0.717) is 0 Å². The van der Waals surface area contributed by atoms with Gasteiger partial charge in [-0.3, -0.25) is 0 Å². The second-order valence-corrected chi connectivity index (χ2v) is 11.4. The molecule has 0 aliphatic heterocycles. The Kier molecular flexibility index (Phi) is 15.2. The van der Waals surface area contributed by atoms with Gasteiger partial charge in [-0.05, 0) is 26.9 Å². The molecule has 0 atom stereocenters. The maximum Gasteiger partial charge on any atom is 0.466 e. The average molecular weight is 356 g/mol. The van der Waals surface area contributed by atoms with Crippen LogP contribution in [0.25, 0.3) is 0 Å². The Labute approximate surface area is 137 Å². The molecule has 7 heteroatoms. The molecule has 0 rings (SSSR count). The number of unbranched alkanes of at least 4 members (excludes halogenated alkanes) is 2. The van der Waals surface area contributed by atoms with E-state index >= 15 is 0 Å². The lowest BCUT2D eigenvalue weighted by atomic mass is 10.4. The lowest BCUT2D eigenvalue weighted by molar-refractivity contribution is 0.275. The van der Waals surface area contributed by atoms with Gasteiger partial charge in [0, 0.05) is 13.8 Å². The zero-order valence-corrected chi connectivity index (χ0v) is 16.5. The van der Waals surface area contributed by atoms with Gasteiger partial charge in [-0.15, -0.1) is 0 Å². The summed E-state index contributed by atoms with van der Waals surface area (Å²) in [5.74, 6) is 0. The van der Waals surface area contributed by atoms with E-state index in [9.17, 15) is 0 Å². The van der Waals surface area contributed by atoms with Crippen LogP contribution in [0.15, 0.2) is 12.7 Å². The van der Waals surface area contributed by atoms with Crippen molar-refractivity contribution in [1.82, 2.24) is 4.90 Å². The van der Waals surface area contributed by atoms with E-state index in [1.54, 1.807) is 0 Å². The van der Waals surface area contributed by atoms with Crippen molar-refractivity contribution in [1.29, 1.82) is 0 Å². The number of nitrogens with zero attached hydrogens (tertiary/aromatic N) is 1. The summed E-state index contributed by atoms with van der Waals surface area (Å²) in [6.45, 7) is 9.89. The number of phosphoric acid groups is 1.